The molecule has 2 aromatic rings. The molecule has 0 aliphatic rings. The van der Waals surface area contributed by atoms with Crippen LogP contribution in [0.25, 0.3) is 10.9 Å². The van der Waals surface area contributed by atoms with E-state index in [1.807, 2.05) is 24.3 Å². The molecule has 5 nitrogen and oxygen atoms in total. The van der Waals surface area contributed by atoms with Gasteiger partial charge in [0.05, 0.1) is 0 Å². The van der Waals surface area contributed by atoms with Gasteiger partial charge in [-0.2, -0.15) is 0 Å². The van der Waals surface area contributed by atoms with Gasteiger partial charge in [-0.25, -0.2) is 0 Å². The highest BCUT2D eigenvalue weighted by Crippen LogP contribution is 2.27. The maximum Gasteiger partial charge on any atom is 0.320 e. The van der Waals surface area contributed by atoms with Gasteiger partial charge in [0.2, 0.25) is 0 Å². The first-order chi connectivity index (χ1) is 7.59. The number of carboxylic acid groups (broad SMARTS) is 1. The summed E-state index contributed by atoms with van der Waals surface area (Å²) in [6, 6.07) is 6.27. The van der Waals surface area contributed by atoms with E-state index < -0.39 is 12.0 Å². The number of para-hydroxylation sites is 1. The second-order valence-corrected chi connectivity index (χ2v) is 3.65. The van der Waals surface area contributed by atoms with Crippen molar-refractivity contribution in [3.63, 3.8) is 0 Å². The van der Waals surface area contributed by atoms with Gasteiger partial charge in [-0.05, 0) is 6.07 Å². The first-order valence-corrected chi connectivity index (χ1v) is 4.86. The monoisotopic (exact) mass is 256 g/mol. The lowest BCUT2D eigenvalue weighted by atomic mass is 10.1. The number of carbonyl (C=O) groups is 1. The second-order valence-electron chi connectivity index (χ2n) is 3.65. The number of aromatic nitrogens is 1. The van der Waals surface area contributed by atoms with Crippen LogP contribution in [0.1, 0.15) is 5.56 Å². The van der Waals surface area contributed by atoms with E-state index in [4.69, 9.17) is 10.8 Å². The quantitative estimate of drug-likeness (QED) is 0.664. The van der Waals surface area contributed by atoms with Crippen LogP contribution in [0.15, 0.2) is 24.3 Å². The predicted molar refractivity (Wildman–Crippen MR) is 66.5 cm³/mol. The van der Waals surface area contributed by atoms with Gasteiger partial charge in [0.15, 0.2) is 5.88 Å². The van der Waals surface area contributed by atoms with Gasteiger partial charge in [-0.1, -0.05) is 18.2 Å². The fraction of sp³-hybridized carbons (Fsp3) is 0.182. The number of aromatic hydroxyl groups is 1. The Bertz CT molecular complexity index is 538. The van der Waals surface area contributed by atoms with Crippen LogP contribution in [0.2, 0.25) is 0 Å². The van der Waals surface area contributed by atoms with E-state index in [1.165, 1.54) is 0 Å². The maximum atomic E-state index is 10.7. The Balaban J connectivity index is 0.00000144. The van der Waals surface area contributed by atoms with Crippen molar-refractivity contribution in [3.05, 3.63) is 29.8 Å². The average molecular weight is 257 g/mol. The van der Waals surface area contributed by atoms with E-state index in [2.05, 4.69) is 4.98 Å². The second kappa shape index (κ2) is 5.07. The summed E-state index contributed by atoms with van der Waals surface area (Å²) in [5, 5.41) is 19.2. The summed E-state index contributed by atoms with van der Waals surface area (Å²) < 4.78 is 0. The van der Waals surface area contributed by atoms with Crippen molar-refractivity contribution < 1.29 is 15.0 Å². The van der Waals surface area contributed by atoms with Crippen LogP contribution in [0.5, 0.6) is 5.88 Å². The molecule has 0 fully saturated rings. The van der Waals surface area contributed by atoms with Crippen LogP contribution >= 0.6 is 12.4 Å². The summed E-state index contributed by atoms with van der Waals surface area (Å²) in [5.74, 6) is -1.09. The third-order valence-corrected chi connectivity index (χ3v) is 2.53. The lowest BCUT2D eigenvalue weighted by molar-refractivity contribution is -0.138. The molecule has 5 N–H and O–H groups in total. The van der Waals surface area contributed by atoms with Crippen molar-refractivity contribution in [2.24, 2.45) is 5.73 Å². The van der Waals surface area contributed by atoms with Gasteiger partial charge in [-0.15, -0.1) is 12.4 Å². The van der Waals surface area contributed by atoms with Crippen LogP contribution in [0, 0.1) is 0 Å². The molecule has 0 radical (unpaired) electrons. The number of aliphatic carboxylic acids is 1. The van der Waals surface area contributed by atoms with Crippen molar-refractivity contribution in [2.75, 3.05) is 0 Å². The Hall–Kier alpha value is -1.72. The zero-order chi connectivity index (χ0) is 11.7. The zero-order valence-corrected chi connectivity index (χ0v) is 9.70. The molecular weight excluding hydrogens is 244 g/mol. The number of hydrogen-bond donors (Lipinski definition) is 4. The molecule has 17 heavy (non-hydrogen) atoms. The number of rotatable bonds is 3. The highest BCUT2D eigenvalue weighted by Gasteiger charge is 2.18. The Labute approximate surface area is 104 Å². The maximum absolute atomic E-state index is 10.7. The first-order valence-electron chi connectivity index (χ1n) is 4.86. The number of hydrogen-bond acceptors (Lipinski definition) is 3. The lowest BCUT2D eigenvalue weighted by Gasteiger charge is -2.05. The topological polar surface area (TPSA) is 99.3 Å². The molecule has 1 aromatic heterocycles. The molecule has 2 rings (SSSR count). The van der Waals surface area contributed by atoms with Crippen LogP contribution in [0.3, 0.4) is 0 Å². The molecular formula is C11H13ClN2O3. The van der Waals surface area contributed by atoms with Crippen LogP contribution in [0.4, 0.5) is 0 Å². The van der Waals surface area contributed by atoms with Crippen molar-refractivity contribution in [1.82, 2.24) is 4.98 Å². The molecule has 6 heteroatoms. The molecule has 1 heterocycles. The Morgan fingerprint density at radius 1 is 1.41 bits per heavy atom. The van der Waals surface area contributed by atoms with Crippen molar-refractivity contribution >= 4 is 29.3 Å². The third-order valence-electron chi connectivity index (χ3n) is 2.53. The van der Waals surface area contributed by atoms with E-state index >= 15 is 0 Å². The minimum absolute atomic E-state index is 0. The van der Waals surface area contributed by atoms with Crippen molar-refractivity contribution in [2.45, 2.75) is 12.5 Å². The number of H-pyrrole nitrogens is 1. The van der Waals surface area contributed by atoms with Gasteiger partial charge in [-0.3, -0.25) is 4.79 Å². The summed E-state index contributed by atoms with van der Waals surface area (Å²) in [4.78, 5) is 13.4. The molecule has 0 spiro atoms. The average Bonchev–Trinajstić information content (AvgIpc) is 2.55. The fourth-order valence-corrected chi connectivity index (χ4v) is 1.70. The van der Waals surface area contributed by atoms with E-state index in [1.54, 1.807) is 0 Å². The first kappa shape index (κ1) is 13.3. The molecule has 0 amide bonds. The molecule has 1 atom stereocenters. The van der Waals surface area contributed by atoms with Crippen molar-refractivity contribution in [3.8, 4) is 5.88 Å². The molecule has 0 bridgehead atoms. The zero-order valence-electron chi connectivity index (χ0n) is 8.88. The molecule has 0 saturated carbocycles. The molecule has 92 valence electrons. The number of carboxylic acids is 1. The predicted octanol–water partition coefficient (Wildman–Crippen LogP) is 1.25. The normalized spacial score (nSPS) is 12.1. The van der Waals surface area contributed by atoms with E-state index in [0.717, 1.165) is 10.9 Å². The SMILES string of the molecule is Cl.N[C@H](Cc1c(O)[nH]c2ccccc12)C(=O)O. The Morgan fingerprint density at radius 2 is 2.06 bits per heavy atom. The number of aromatic amines is 1. The summed E-state index contributed by atoms with van der Waals surface area (Å²) in [5.41, 5.74) is 6.76. The molecule has 0 aliphatic carbocycles. The van der Waals surface area contributed by atoms with Gasteiger partial charge in [0.25, 0.3) is 0 Å². The van der Waals surface area contributed by atoms with Gasteiger partial charge in [0, 0.05) is 22.9 Å². The number of nitrogens with two attached hydrogens (primary N) is 1. The number of halogens is 1. The minimum atomic E-state index is -1.08. The highest BCUT2D eigenvalue weighted by atomic mass is 35.5. The molecule has 0 aliphatic heterocycles. The number of fused-ring (bicyclic) bond motifs is 1. The van der Waals surface area contributed by atoms with Gasteiger partial charge >= 0.3 is 5.97 Å². The van der Waals surface area contributed by atoms with Gasteiger partial charge in [0.1, 0.15) is 6.04 Å². The van der Waals surface area contributed by atoms with Crippen molar-refractivity contribution in [1.29, 1.82) is 0 Å². The third kappa shape index (κ3) is 2.51. The largest absolute Gasteiger partial charge is 0.494 e. The summed E-state index contributed by atoms with van der Waals surface area (Å²) >= 11 is 0. The van der Waals surface area contributed by atoms with Crippen LogP contribution in [-0.2, 0) is 11.2 Å². The fourth-order valence-electron chi connectivity index (χ4n) is 1.70. The van der Waals surface area contributed by atoms with E-state index in [-0.39, 0.29) is 24.7 Å². The summed E-state index contributed by atoms with van der Waals surface area (Å²) in [6.45, 7) is 0. The highest BCUT2D eigenvalue weighted by molar-refractivity contribution is 5.86. The van der Waals surface area contributed by atoms with E-state index in [0.29, 0.717) is 5.56 Å². The van der Waals surface area contributed by atoms with Crippen LogP contribution < -0.4 is 5.73 Å². The van der Waals surface area contributed by atoms with E-state index in [9.17, 15) is 9.90 Å². The number of benzene rings is 1. The van der Waals surface area contributed by atoms with Crippen LogP contribution in [-0.4, -0.2) is 27.2 Å². The molecule has 0 unspecified atom stereocenters. The minimum Gasteiger partial charge on any atom is -0.494 e. The summed E-state index contributed by atoms with van der Waals surface area (Å²) in [6.07, 6.45) is 0.102. The Kier molecular flexibility index (Phi) is 3.98. The standard InChI is InChI=1S/C11H12N2O3.ClH/c12-8(11(15)16)5-7-6-3-1-2-4-9(6)13-10(7)14;/h1-4,8,13-14H,5,12H2,(H,15,16);1H/t8-;/m1./s1. The molecule has 0 saturated heterocycles. The summed E-state index contributed by atoms with van der Waals surface area (Å²) in [7, 11) is 0. The van der Waals surface area contributed by atoms with Gasteiger partial charge < -0.3 is 20.9 Å². The number of nitrogens with one attached hydrogen (secondary N) is 1. The molecule has 1 aromatic carbocycles. The lowest BCUT2D eigenvalue weighted by Crippen LogP contribution is -2.32. The smallest absolute Gasteiger partial charge is 0.320 e. The Morgan fingerprint density at radius 3 is 2.71 bits per heavy atom.